The Morgan fingerprint density at radius 1 is 1.19 bits per heavy atom. The van der Waals surface area contributed by atoms with Crippen molar-refractivity contribution in [2.24, 2.45) is 5.73 Å². The highest BCUT2D eigenvalue weighted by Gasteiger charge is 1.97. The average Bonchev–Trinajstić information content (AvgIpc) is 2.27. The summed E-state index contributed by atoms with van der Waals surface area (Å²) in [5, 5.41) is 3.43. The van der Waals surface area contributed by atoms with Gasteiger partial charge in [0.1, 0.15) is 5.75 Å². The van der Waals surface area contributed by atoms with Crippen LogP contribution < -0.4 is 26.6 Å². The van der Waals surface area contributed by atoms with E-state index in [1.54, 1.807) is 7.11 Å². The number of nitrogens with two attached hydrogens (primary N) is 1. The lowest BCUT2D eigenvalue weighted by molar-refractivity contribution is 0.415. The van der Waals surface area contributed by atoms with Gasteiger partial charge in [-0.3, -0.25) is 10.9 Å². The van der Waals surface area contributed by atoms with Crippen LogP contribution in [0.2, 0.25) is 0 Å². The highest BCUT2D eigenvalue weighted by Crippen LogP contribution is 2.14. The number of thiocarbonyl (C=S) groups is 2. The Hall–Kier alpha value is -1.60. The highest BCUT2D eigenvalue weighted by molar-refractivity contribution is 7.80. The minimum Gasteiger partial charge on any atom is -0.497 e. The quantitative estimate of drug-likeness (QED) is 0.459. The van der Waals surface area contributed by atoms with Crippen molar-refractivity contribution in [3.8, 4) is 5.75 Å². The lowest BCUT2D eigenvalue weighted by Crippen LogP contribution is -2.46. The zero-order chi connectivity index (χ0) is 12.0. The second kappa shape index (κ2) is 6.09. The second-order valence-electron chi connectivity index (χ2n) is 2.80. The first-order chi connectivity index (χ1) is 7.61. The second-order valence-corrected chi connectivity index (χ2v) is 3.64. The fourth-order valence-electron chi connectivity index (χ4n) is 0.955. The molecule has 0 saturated carbocycles. The number of rotatable bonds is 2. The van der Waals surface area contributed by atoms with Gasteiger partial charge in [0.05, 0.1) is 7.11 Å². The molecule has 5 N–H and O–H groups in total. The Balaban J connectivity index is 2.46. The molecule has 1 aromatic carbocycles. The molecular formula is C9H12N4OS2. The maximum absolute atomic E-state index is 5.23. The van der Waals surface area contributed by atoms with E-state index in [0.29, 0.717) is 5.11 Å². The van der Waals surface area contributed by atoms with Crippen LogP contribution in [0.4, 0.5) is 5.69 Å². The summed E-state index contributed by atoms with van der Waals surface area (Å²) in [6.45, 7) is 0. The smallest absolute Gasteiger partial charge is 0.189 e. The summed E-state index contributed by atoms with van der Waals surface area (Å²) in [6.07, 6.45) is 0. The Bertz CT molecular complexity index is 380. The fourth-order valence-corrected chi connectivity index (χ4v) is 1.17. The Morgan fingerprint density at radius 3 is 2.31 bits per heavy atom. The monoisotopic (exact) mass is 256 g/mol. The molecule has 0 heterocycles. The van der Waals surface area contributed by atoms with Crippen molar-refractivity contribution in [3.05, 3.63) is 24.3 Å². The largest absolute Gasteiger partial charge is 0.497 e. The van der Waals surface area contributed by atoms with E-state index >= 15 is 0 Å². The van der Waals surface area contributed by atoms with Crippen LogP contribution in [-0.4, -0.2) is 17.3 Å². The maximum Gasteiger partial charge on any atom is 0.189 e. The number of hydrazine groups is 1. The van der Waals surface area contributed by atoms with Crippen LogP contribution in [0.3, 0.4) is 0 Å². The molecule has 0 bridgehead atoms. The third kappa shape index (κ3) is 4.28. The van der Waals surface area contributed by atoms with Crippen molar-refractivity contribution in [1.29, 1.82) is 0 Å². The van der Waals surface area contributed by atoms with Crippen LogP contribution in [0.1, 0.15) is 0 Å². The third-order valence-corrected chi connectivity index (χ3v) is 1.95. The molecule has 0 unspecified atom stereocenters. The van der Waals surface area contributed by atoms with E-state index in [-0.39, 0.29) is 5.11 Å². The molecule has 0 radical (unpaired) electrons. The van der Waals surface area contributed by atoms with Gasteiger partial charge in [-0.2, -0.15) is 0 Å². The summed E-state index contributed by atoms with van der Waals surface area (Å²) >= 11 is 9.60. The summed E-state index contributed by atoms with van der Waals surface area (Å²) in [7, 11) is 1.61. The van der Waals surface area contributed by atoms with Crippen molar-refractivity contribution in [1.82, 2.24) is 10.9 Å². The molecule has 1 aromatic rings. The fraction of sp³-hybridized carbons (Fsp3) is 0.111. The molecule has 5 nitrogen and oxygen atoms in total. The predicted molar refractivity (Wildman–Crippen MR) is 72.3 cm³/mol. The molecule has 0 fully saturated rings. The molecule has 0 aliphatic rings. The number of methoxy groups -OCH3 is 1. The Morgan fingerprint density at radius 2 is 1.81 bits per heavy atom. The average molecular weight is 256 g/mol. The number of nitrogens with one attached hydrogen (secondary N) is 3. The van der Waals surface area contributed by atoms with Gasteiger partial charge in [-0.25, -0.2) is 0 Å². The molecule has 16 heavy (non-hydrogen) atoms. The van der Waals surface area contributed by atoms with Crippen LogP contribution in [0.25, 0.3) is 0 Å². The van der Waals surface area contributed by atoms with E-state index in [9.17, 15) is 0 Å². The molecule has 86 valence electrons. The van der Waals surface area contributed by atoms with Crippen molar-refractivity contribution in [2.45, 2.75) is 0 Å². The normalized spacial score (nSPS) is 9.06. The Labute approximate surface area is 104 Å². The first-order valence-corrected chi connectivity index (χ1v) is 5.20. The van der Waals surface area contributed by atoms with Crippen molar-refractivity contribution < 1.29 is 4.74 Å². The predicted octanol–water partition coefficient (Wildman–Crippen LogP) is 0.730. The van der Waals surface area contributed by atoms with Gasteiger partial charge in [0.2, 0.25) is 0 Å². The van der Waals surface area contributed by atoms with E-state index < -0.39 is 0 Å². The zero-order valence-electron chi connectivity index (χ0n) is 8.61. The molecule has 0 saturated heterocycles. The molecule has 0 atom stereocenters. The molecule has 0 amide bonds. The number of ether oxygens (including phenoxy) is 1. The van der Waals surface area contributed by atoms with Gasteiger partial charge in [0.15, 0.2) is 10.2 Å². The molecule has 0 spiro atoms. The van der Waals surface area contributed by atoms with E-state index in [1.165, 1.54) is 0 Å². The van der Waals surface area contributed by atoms with Gasteiger partial charge in [-0.05, 0) is 48.7 Å². The van der Waals surface area contributed by atoms with E-state index in [4.69, 9.17) is 22.7 Å². The van der Waals surface area contributed by atoms with Crippen LogP contribution >= 0.6 is 24.4 Å². The van der Waals surface area contributed by atoms with Crippen LogP contribution in [0.5, 0.6) is 5.75 Å². The van der Waals surface area contributed by atoms with E-state index in [0.717, 1.165) is 11.4 Å². The number of hydrogen-bond acceptors (Lipinski definition) is 3. The van der Waals surface area contributed by atoms with Crippen LogP contribution in [0.15, 0.2) is 24.3 Å². The van der Waals surface area contributed by atoms with Gasteiger partial charge in [0.25, 0.3) is 0 Å². The summed E-state index contributed by atoms with van der Waals surface area (Å²) in [6, 6.07) is 7.33. The molecule has 0 aliphatic heterocycles. The zero-order valence-corrected chi connectivity index (χ0v) is 10.2. The SMILES string of the molecule is COc1ccc(NC(=S)NNC(N)=S)cc1. The van der Waals surface area contributed by atoms with Gasteiger partial charge in [-0.15, -0.1) is 0 Å². The van der Waals surface area contributed by atoms with Crippen LogP contribution in [0, 0.1) is 0 Å². The van der Waals surface area contributed by atoms with E-state index in [2.05, 4.69) is 28.4 Å². The van der Waals surface area contributed by atoms with Crippen molar-refractivity contribution >= 4 is 40.3 Å². The summed E-state index contributed by atoms with van der Waals surface area (Å²) in [5.74, 6) is 0.783. The van der Waals surface area contributed by atoms with E-state index in [1.807, 2.05) is 24.3 Å². The maximum atomic E-state index is 5.23. The van der Waals surface area contributed by atoms with Gasteiger partial charge < -0.3 is 15.8 Å². The lowest BCUT2D eigenvalue weighted by Gasteiger charge is -2.11. The van der Waals surface area contributed by atoms with Gasteiger partial charge in [0, 0.05) is 5.69 Å². The van der Waals surface area contributed by atoms with Gasteiger partial charge in [-0.1, -0.05) is 0 Å². The molecular weight excluding hydrogens is 244 g/mol. The highest BCUT2D eigenvalue weighted by atomic mass is 32.1. The summed E-state index contributed by atoms with van der Waals surface area (Å²) in [4.78, 5) is 0. The van der Waals surface area contributed by atoms with Gasteiger partial charge >= 0.3 is 0 Å². The minimum atomic E-state index is 0.124. The summed E-state index contributed by atoms with van der Waals surface area (Å²) in [5.41, 5.74) is 11.2. The molecule has 1 rings (SSSR count). The minimum absolute atomic E-state index is 0.124. The first kappa shape index (κ1) is 12.5. The summed E-state index contributed by atoms with van der Waals surface area (Å²) < 4.78 is 5.03. The topological polar surface area (TPSA) is 71.3 Å². The van der Waals surface area contributed by atoms with Crippen molar-refractivity contribution in [3.63, 3.8) is 0 Å². The van der Waals surface area contributed by atoms with Crippen LogP contribution in [-0.2, 0) is 0 Å². The first-order valence-electron chi connectivity index (χ1n) is 4.38. The van der Waals surface area contributed by atoms with Crippen molar-refractivity contribution in [2.75, 3.05) is 12.4 Å². The number of hydrogen-bond donors (Lipinski definition) is 4. The lowest BCUT2D eigenvalue weighted by atomic mass is 10.3. The standard InChI is InChI=1S/C9H12N4OS2/c1-14-7-4-2-6(3-5-7)11-9(16)13-12-8(10)15/h2-5H,1H3,(H3,10,12,15)(H2,11,13,16). The number of anilines is 1. The molecule has 0 aromatic heterocycles. The number of benzene rings is 1. The Kier molecular flexibility index (Phi) is 4.74. The molecule has 0 aliphatic carbocycles. The third-order valence-electron chi connectivity index (χ3n) is 1.65. The molecule has 7 heteroatoms.